The van der Waals surface area contributed by atoms with E-state index >= 15 is 0 Å². The van der Waals surface area contributed by atoms with Gasteiger partial charge in [0.05, 0.1) is 22.9 Å². The van der Waals surface area contributed by atoms with E-state index in [9.17, 15) is 18.0 Å². The highest BCUT2D eigenvalue weighted by molar-refractivity contribution is 7.89. The van der Waals surface area contributed by atoms with Gasteiger partial charge in [-0.25, -0.2) is 12.7 Å². The molecule has 7 nitrogen and oxygen atoms in total. The van der Waals surface area contributed by atoms with Crippen molar-refractivity contribution >= 4 is 27.5 Å². The maximum absolute atomic E-state index is 12.8. The lowest BCUT2D eigenvalue weighted by atomic mass is 9.98. The summed E-state index contributed by atoms with van der Waals surface area (Å²) in [6, 6.07) is 7.02. The van der Waals surface area contributed by atoms with Gasteiger partial charge in [0.2, 0.25) is 15.9 Å². The highest BCUT2D eigenvalue weighted by Gasteiger charge is 2.32. The van der Waals surface area contributed by atoms with Crippen LogP contribution in [0.3, 0.4) is 0 Å². The molecule has 148 valence electrons. The van der Waals surface area contributed by atoms with Crippen molar-refractivity contribution in [2.45, 2.75) is 32.6 Å². The standard InChI is InChI=1S/C19H27N3O4S/c1-2-27(25,26)22-13-7-8-15(14-22)18(23)20-17-10-4-3-9-16(17)19(24)21-11-5-6-12-21/h3-4,9-10,15H,2,5-8,11-14H2,1H3,(H,20,23)/t15-/m0/s1. The Morgan fingerprint density at radius 1 is 1.11 bits per heavy atom. The molecular weight excluding hydrogens is 366 g/mol. The molecule has 2 fully saturated rings. The average molecular weight is 394 g/mol. The molecule has 0 bridgehead atoms. The number of hydrogen-bond acceptors (Lipinski definition) is 4. The van der Waals surface area contributed by atoms with Crippen molar-refractivity contribution in [2.75, 3.05) is 37.2 Å². The fourth-order valence-corrected chi connectivity index (χ4v) is 4.88. The molecule has 0 aromatic heterocycles. The van der Waals surface area contributed by atoms with Crippen LogP contribution in [0.5, 0.6) is 0 Å². The third-order valence-corrected chi connectivity index (χ3v) is 7.17. The van der Waals surface area contributed by atoms with Gasteiger partial charge in [0.25, 0.3) is 5.91 Å². The second kappa shape index (κ2) is 8.39. The van der Waals surface area contributed by atoms with Crippen molar-refractivity contribution in [3.63, 3.8) is 0 Å². The van der Waals surface area contributed by atoms with Crippen LogP contribution in [0, 0.1) is 5.92 Å². The third-order valence-electron chi connectivity index (χ3n) is 5.32. The Morgan fingerprint density at radius 2 is 1.81 bits per heavy atom. The molecule has 1 atom stereocenters. The molecule has 2 aliphatic heterocycles. The van der Waals surface area contributed by atoms with E-state index in [1.54, 1.807) is 36.1 Å². The van der Waals surface area contributed by atoms with Gasteiger partial charge in [-0.05, 0) is 44.7 Å². The molecule has 0 radical (unpaired) electrons. The summed E-state index contributed by atoms with van der Waals surface area (Å²) >= 11 is 0. The molecule has 8 heteroatoms. The van der Waals surface area contributed by atoms with E-state index in [4.69, 9.17) is 0 Å². The van der Waals surface area contributed by atoms with Crippen LogP contribution in [0.1, 0.15) is 43.0 Å². The monoisotopic (exact) mass is 393 g/mol. The Hall–Kier alpha value is -1.93. The lowest BCUT2D eigenvalue weighted by Gasteiger charge is -2.31. The van der Waals surface area contributed by atoms with Crippen molar-refractivity contribution in [2.24, 2.45) is 5.92 Å². The number of piperidine rings is 1. The number of sulfonamides is 1. The number of anilines is 1. The Labute approximate surface area is 160 Å². The summed E-state index contributed by atoms with van der Waals surface area (Å²) in [4.78, 5) is 27.3. The molecule has 0 spiro atoms. The zero-order valence-electron chi connectivity index (χ0n) is 15.7. The molecule has 2 saturated heterocycles. The number of amides is 2. The smallest absolute Gasteiger partial charge is 0.255 e. The minimum absolute atomic E-state index is 0.0362. The third kappa shape index (κ3) is 4.50. The van der Waals surface area contributed by atoms with Crippen LogP contribution in [0.2, 0.25) is 0 Å². The first-order valence-electron chi connectivity index (χ1n) is 9.59. The first-order chi connectivity index (χ1) is 12.9. The summed E-state index contributed by atoms with van der Waals surface area (Å²) in [5.74, 6) is -0.668. The van der Waals surface area contributed by atoms with E-state index < -0.39 is 15.9 Å². The summed E-state index contributed by atoms with van der Waals surface area (Å²) < 4.78 is 25.6. The van der Waals surface area contributed by atoms with E-state index in [0.717, 1.165) is 25.9 Å². The van der Waals surface area contributed by atoms with Gasteiger partial charge in [-0.3, -0.25) is 9.59 Å². The van der Waals surface area contributed by atoms with Gasteiger partial charge in [-0.15, -0.1) is 0 Å². The normalized spacial score (nSPS) is 21.2. The minimum atomic E-state index is -3.30. The van der Waals surface area contributed by atoms with E-state index in [2.05, 4.69) is 5.32 Å². The summed E-state index contributed by atoms with van der Waals surface area (Å²) in [6.45, 7) is 3.76. The van der Waals surface area contributed by atoms with Gasteiger partial charge >= 0.3 is 0 Å². The van der Waals surface area contributed by atoms with Crippen molar-refractivity contribution in [3.05, 3.63) is 29.8 Å². The molecule has 1 aromatic carbocycles. The molecule has 0 saturated carbocycles. The number of likely N-dealkylation sites (tertiary alicyclic amines) is 1. The largest absolute Gasteiger partial charge is 0.339 e. The Morgan fingerprint density at radius 3 is 2.52 bits per heavy atom. The highest BCUT2D eigenvalue weighted by Crippen LogP contribution is 2.24. The molecule has 27 heavy (non-hydrogen) atoms. The van der Waals surface area contributed by atoms with Crippen LogP contribution in [0.25, 0.3) is 0 Å². The van der Waals surface area contributed by atoms with Gasteiger partial charge in [0.15, 0.2) is 0 Å². The van der Waals surface area contributed by atoms with E-state index in [1.807, 2.05) is 0 Å². The number of hydrogen-bond donors (Lipinski definition) is 1. The Bertz CT molecular complexity index is 803. The van der Waals surface area contributed by atoms with Crippen LogP contribution < -0.4 is 5.32 Å². The van der Waals surface area contributed by atoms with Crippen LogP contribution in [0.4, 0.5) is 5.69 Å². The molecule has 0 aliphatic carbocycles. The first kappa shape index (κ1) is 19.8. The molecule has 2 aliphatic rings. The van der Waals surface area contributed by atoms with Gasteiger partial charge in [-0.2, -0.15) is 0 Å². The lowest BCUT2D eigenvalue weighted by molar-refractivity contribution is -0.120. The minimum Gasteiger partial charge on any atom is -0.339 e. The second-order valence-corrected chi connectivity index (χ2v) is 9.39. The highest BCUT2D eigenvalue weighted by atomic mass is 32.2. The van der Waals surface area contributed by atoms with Gasteiger partial charge in [0, 0.05) is 26.2 Å². The van der Waals surface area contributed by atoms with Crippen LogP contribution in [-0.4, -0.2) is 61.4 Å². The number of benzene rings is 1. The molecule has 3 rings (SSSR count). The Kier molecular flexibility index (Phi) is 6.16. The predicted molar refractivity (Wildman–Crippen MR) is 104 cm³/mol. The molecule has 2 heterocycles. The number of carbonyl (C=O) groups excluding carboxylic acids is 2. The second-order valence-electron chi connectivity index (χ2n) is 7.13. The fourth-order valence-electron chi connectivity index (χ4n) is 3.70. The maximum Gasteiger partial charge on any atom is 0.255 e. The van der Waals surface area contributed by atoms with E-state index in [0.29, 0.717) is 30.6 Å². The topological polar surface area (TPSA) is 86.8 Å². The number of rotatable bonds is 5. The zero-order chi connectivity index (χ0) is 19.4. The summed E-state index contributed by atoms with van der Waals surface area (Å²) in [5.41, 5.74) is 0.983. The molecular formula is C19H27N3O4S. The van der Waals surface area contributed by atoms with Gasteiger partial charge in [-0.1, -0.05) is 12.1 Å². The van der Waals surface area contributed by atoms with Crippen molar-refractivity contribution in [1.29, 1.82) is 0 Å². The fraction of sp³-hybridized carbons (Fsp3) is 0.579. The number of carbonyl (C=O) groups is 2. The molecule has 0 unspecified atom stereocenters. The molecule has 2 amide bonds. The van der Waals surface area contributed by atoms with Crippen molar-refractivity contribution in [3.8, 4) is 0 Å². The number of nitrogens with one attached hydrogen (secondary N) is 1. The summed E-state index contributed by atoms with van der Waals surface area (Å²) in [5, 5.41) is 2.87. The van der Waals surface area contributed by atoms with Crippen LogP contribution >= 0.6 is 0 Å². The van der Waals surface area contributed by atoms with Crippen LogP contribution in [-0.2, 0) is 14.8 Å². The lowest BCUT2D eigenvalue weighted by Crippen LogP contribution is -2.44. The average Bonchev–Trinajstić information content (AvgIpc) is 3.23. The maximum atomic E-state index is 12.8. The van der Waals surface area contributed by atoms with Crippen molar-refractivity contribution in [1.82, 2.24) is 9.21 Å². The predicted octanol–water partition coefficient (Wildman–Crippen LogP) is 1.92. The molecule has 1 N–H and O–H groups in total. The zero-order valence-corrected chi connectivity index (χ0v) is 16.5. The van der Waals surface area contributed by atoms with E-state index in [1.165, 1.54) is 4.31 Å². The van der Waals surface area contributed by atoms with Gasteiger partial charge < -0.3 is 10.2 Å². The molecule has 1 aromatic rings. The van der Waals surface area contributed by atoms with Crippen molar-refractivity contribution < 1.29 is 18.0 Å². The first-order valence-corrected chi connectivity index (χ1v) is 11.2. The van der Waals surface area contributed by atoms with E-state index in [-0.39, 0.29) is 24.1 Å². The SMILES string of the molecule is CCS(=O)(=O)N1CCC[C@H](C(=O)Nc2ccccc2C(=O)N2CCCC2)C1. The number of nitrogens with zero attached hydrogens (tertiary/aromatic N) is 2. The summed E-state index contributed by atoms with van der Waals surface area (Å²) in [6.07, 6.45) is 3.31. The Balaban J connectivity index is 1.72. The van der Waals surface area contributed by atoms with Gasteiger partial charge in [0.1, 0.15) is 0 Å². The summed E-state index contributed by atoms with van der Waals surface area (Å²) in [7, 11) is -3.30. The number of para-hydroxylation sites is 1. The quantitative estimate of drug-likeness (QED) is 0.828. The van der Waals surface area contributed by atoms with Crippen LogP contribution in [0.15, 0.2) is 24.3 Å².